The molecule has 0 unspecified atom stereocenters. The smallest absolute Gasteiger partial charge is 0.280 e. The van der Waals surface area contributed by atoms with E-state index in [9.17, 15) is 20.2 Å². The highest BCUT2D eigenvalue weighted by Gasteiger charge is 2.17. The Balaban J connectivity index is 1.86. The number of nitro benzene ring substituents is 1. The summed E-state index contributed by atoms with van der Waals surface area (Å²) in [5.74, 6) is -0.0652. The number of anilines is 1. The molecule has 0 aliphatic rings. The van der Waals surface area contributed by atoms with Crippen LogP contribution in [0.25, 0.3) is 17.4 Å². The van der Waals surface area contributed by atoms with E-state index in [1.54, 1.807) is 54.6 Å². The number of hydrogen-bond donors (Lipinski definition) is 1. The highest BCUT2D eigenvalue weighted by atomic mass is 16.6. The predicted molar refractivity (Wildman–Crippen MR) is 99.5 cm³/mol. The first-order valence-electron chi connectivity index (χ1n) is 7.90. The van der Waals surface area contributed by atoms with Crippen molar-refractivity contribution in [3.05, 3.63) is 88.2 Å². The summed E-state index contributed by atoms with van der Waals surface area (Å²) in [5, 5.41) is 23.0. The van der Waals surface area contributed by atoms with Crippen molar-refractivity contribution in [2.24, 2.45) is 0 Å². The van der Waals surface area contributed by atoms with Crippen molar-refractivity contribution in [1.29, 1.82) is 5.26 Å². The molecule has 0 aliphatic heterocycles. The van der Waals surface area contributed by atoms with Gasteiger partial charge in [-0.25, -0.2) is 0 Å². The van der Waals surface area contributed by atoms with Crippen LogP contribution in [-0.4, -0.2) is 10.8 Å². The third-order valence-corrected chi connectivity index (χ3v) is 3.68. The van der Waals surface area contributed by atoms with Crippen molar-refractivity contribution in [2.75, 3.05) is 5.32 Å². The standard InChI is InChI=1S/C20H13N3O4/c21-13-14(20(24)22-15-6-2-1-3-7-15)12-16-10-11-19(27-16)17-8-4-5-9-18(17)23(25)26/h1-12H,(H,22,24). The number of nitro groups is 1. The molecular weight excluding hydrogens is 346 g/mol. The van der Waals surface area contributed by atoms with Crippen LogP contribution in [0.3, 0.4) is 0 Å². The summed E-state index contributed by atoms with van der Waals surface area (Å²) >= 11 is 0. The molecule has 7 nitrogen and oxygen atoms in total. The zero-order valence-corrected chi connectivity index (χ0v) is 14.0. The lowest BCUT2D eigenvalue weighted by Gasteiger charge is -2.03. The van der Waals surface area contributed by atoms with Gasteiger partial charge in [-0.2, -0.15) is 5.26 Å². The van der Waals surface area contributed by atoms with E-state index in [1.165, 1.54) is 12.1 Å². The van der Waals surface area contributed by atoms with Crippen LogP contribution in [0.1, 0.15) is 5.76 Å². The van der Waals surface area contributed by atoms with Gasteiger partial charge in [-0.3, -0.25) is 14.9 Å². The average Bonchev–Trinajstić information content (AvgIpc) is 3.15. The Morgan fingerprint density at radius 1 is 1.07 bits per heavy atom. The number of para-hydroxylation sites is 2. The van der Waals surface area contributed by atoms with Gasteiger partial charge in [0.1, 0.15) is 23.2 Å². The Kier molecular flexibility index (Phi) is 5.10. The van der Waals surface area contributed by atoms with Crippen LogP contribution in [0, 0.1) is 21.4 Å². The Morgan fingerprint density at radius 2 is 1.78 bits per heavy atom. The number of furan rings is 1. The second-order valence-corrected chi connectivity index (χ2v) is 5.47. The number of benzene rings is 2. The molecule has 1 N–H and O–H groups in total. The Bertz CT molecular complexity index is 1060. The number of rotatable bonds is 5. The van der Waals surface area contributed by atoms with E-state index < -0.39 is 10.8 Å². The van der Waals surface area contributed by atoms with Crippen molar-refractivity contribution < 1.29 is 14.1 Å². The number of nitriles is 1. The molecule has 3 aromatic rings. The highest BCUT2D eigenvalue weighted by molar-refractivity contribution is 6.09. The van der Waals surface area contributed by atoms with Gasteiger partial charge >= 0.3 is 0 Å². The predicted octanol–water partition coefficient (Wildman–Crippen LogP) is 4.40. The number of nitrogens with one attached hydrogen (secondary N) is 1. The van der Waals surface area contributed by atoms with Gasteiger partial charge < -0.3 is 9.73 Å². The van der Waals surface area contributed by atoms with Gasteiger partial charge in [-0.15, -0.1) is 0 Å². The second-order valence-electron chi connectivity index (χ2n) is 5.47. The Hall–Kier alpha value is -4.18. The minimum Gasteiger partial charge on any atom is -0.456 e. The monoisotopic (exact) mass is 359 g/mol. The fourth-order valence-corrected chi connectivity index (χ4v) is 2.43. The molecule has 0 saturated carbocycles. The fourth-order valence-electron chi connectivity index (χ4n) is 2.43. The SMILES string of the molecule is N#CC(=Cc1ccc(-c2ccccc2[N+](=O)[O-])o1)C(=O)Nc1ccccc1. The van der Waals surface area contributed by atoms with Crippen LogP contribution in [-0.2, 0) is 4.79 Å². The Labute approximate surface area is 154 Å². The number of carbonyl (C=O) groups excluding carboxylic acids is 1. The lowest BCUT2D eigenvalue weighted by atomic mass is 10.1. The van der Waals surface area contributed by atoms with Crippen molar-refractivity contribution >= 4 is 23.4 Å². The maximum Gasteiger partial charge on any atom is 0.280 e. The van der Waals surface area contributed by atoms with E-state index in [4.69, 9.17) is 4.42 Å². The summed E-state index contributed by atoms with van der Waals surface area (Å²) in [6.07, 6.45) is 1.29. The molecule has 3 rings (SSSR count). The number of carbonyl (C=O) groups is 1. The molecule has 0 saturated heterocycles. The quantitative estimate of drug-likeness (QED) is 0.314. The molecule has 7 heteroatoms. The average molecular weight is 359 g/mol. The molecule has 27 heavy (non-hydrogen) atoms. The summed E-state index contributed by atoms with van der Waals surface area (Å²) in [7, 11) is 0. The van der Waals surface area contributed by atoms with Gasteiger partial charge in [0.05, 0.1) is 10.5 Å². The van der Waals surface area contributed by atoms with Gasteiger partial charge in [0.15, 0.2) is 0 Å². The molecular formula is C20H13N3O4. The van der Waals surface area contributed by atoms with E-state index in [-0.39, 0.29) is 22.8 Å². The van der Waals surface area contributed by atoms with Crippen molar-refractivity contribution in [2.45, 2.75) is 0 Å². The minimum atomic E-state index is -0.577. The number of nitrogens with zero attached hydrogens (tertiary/aromatic N) is 2. The van der Waals surface area contributed by atoms with Gasteiger partial charge in [0.2, 0.25) is 0 Å². The lowest BCUT2D eigenvalue weighted by molar-refractivity contribution is -0.384. The summed E-state index contributed by atoms with van der Waals surface area (Å²) in [6, 6.07) is 19.8. The second kappa shape index (κ2) is 7.80. The van der Waals surface area contributed by atoms with Crippen molar-refractivity contribution in [1.82, 2.24) is 0 Å². The number of hydrogen-bond acceptors (Lipinski definition) is 5. The topological polar surface area (TPSA) is 109 Å². The Morgan fingerprint density at radius 3 is 2.48 bits per heavy atom. The molecule has 0 aliphatic carbocycles. The van der Waals surface area contributed by atoms with Gasteiger partial charge in [0.25, 0.3) is 11.6 Å². The van der Waals surface area contributed by atoms with Crippen molar-refractivity contribution in [3.8, 4) is 17.4 Å². The van der Waals surface area contributed by atoms with Crippen molar-refractivity contribution in [3.63, 3.8) is 0 Å². The molecule has 1 heterocycles. The summed E-state index contributed by atoms with van der Waals surface area (Å²) in [5.41, 5.74) is 0.630. The zero-order valence-electron chi connectivity index (χ0n) is 14.0. The maximum absolute atomic E-state index is 12.2. The first-order chi connectivity index (χ1) is 13.1. The fraction of sp³-hybridized carbons (Fsp3) is 0. The largest absolute Gasteiger partial charge is 0.456 e. The van der Waals surface area contributed by atoms with Gasteiger partial charge in [-0.05, 0) is 30.3 Å². The van der Waals surface area contributed by atoms with Crippen LogP contribution in [0.15, 0.2) is 76.7 Å². The van der Waals surface area contributed by atoms with Crippen LogP contribution in [0.2, 0.25) is 0 Å². The number of amides is 1. The zero-order chi connectivity index (χ0) is 19.2. The van der Waals surface area contributed by atoms with Crippen LogP contribution in [0.4, 0.5) is 11.4 Å². The summed E-state index contributed by atoms with van der Waals surface area (Å²) < 4.78 is 5.58. The molecule has 1 amide bonds. The summed E-state index contributed by atoms with van der Waals surface area (Å²) in [6.45, 7) is 0. The first kappa shape index (κ1) is 17.6. The molecule has 0 spiro atoms. The van der Waals surface area contributed by atoms with Crippen LogP contribution >= 0.6 is 0 Å². The highest BCUT2D eigenvalue weighted by Crippen LogP contribution is 2.31. The van der Waals surface area contributed by atoms with Gasteiger partial charge in [-0.1, -0.05) is 30.3 Å². The molecule has 132 valence electrons. The molecule has 1 aromatic heterocycles. The molecule has 0 radical (unpaired) electrons. The van der Waals surface area contributed by atoms with E-state index in [0.29, 0.717) is 11.3 Å². The van der Waals surface area contributed by atoms with Crippen LogP contribution in [0.5, 0.6) is 0 Å². The first-order valence-corrected chi connectivity index (χ1v) is 7.90. The van der Waals surface area contributed by atoms with E-state index in [0.717, 1.165) is 0 Å². The molecule has 0 fully saturated rings. The molecule has 0 atom stereocenters. The maximum atomic E-state index is 12.2. The third kappa shape index (κ3) is 4.08. The normalized spacial score (nSPS) is 10.9. The van der Waals surface area contributed by atoms with E-state index in [2.05, 4.69) is 5.32 Å². The van der Waals surface area contributed by atoms with E-state index >= 15 is 0 Å². The third-order valence-electron chi connectivity index (χ3n) is 3.68. The van der Waals surface area contributed by atoms with E-state index in [1.807, 2.05) is 12.1 Å². The molecule has 0 bridgehead atoms. The molecule has 2 aromatic carbocycles. The summed E-state index contributed by atoms with van der Waals surface area (Å²) in [4.78, 5) is 22.9. The lowest BCUT2D eigenvalue weighted by Crippen LogP contribution is -2.13. The minimum absolute atomic E-state index is 0.0929. The van der Waals surface area contributed by atoms with Gasteiger partial charge in [0, 0.05) is 17.8 Å². The van der Waals surface area contributed by atoms with Crippen LogP contribution < -0.4 is 5.32 Å².